The fraction of sp³-hybridized carbons (Fsp3) is 0.176. The zero-order valence-corrected chi connectivity index (χ0v) is 13.1. The number of aromatic nitrogens is 3. The van der Waals surface area contributed by atoms with Crippen molar-refractivity contribution in [1.82, 2.24) is 15.2 Å². The van der Waals surface area contributed by atoms with E-state index in [0.29, 0.717) is 6.61 Å². The van der Waals surface area contributed by atoms with E-state index in [4.69, 9.17) is 4.74 Å². The molecular formula is C17H17N3OS. The van der Waals surface area contributed by atoms with Gasteiger partial charge < -0.3 is 4.74 Å². The first-order valence-corrected chi connectivity index (χ1v) is 8.10. The summed E-state index contributed by atoms with van der Waals surface area (Å²) < 4.78 is 5.69. The van der Waals surface area contributed by atoms with E-state index in [0.717, 1.165) is 28.0 Å². The maximum absolute atomic E-state index is 5.69. The lowest BCUT2D eigenvalue weighted by molar-refractivity contribution is 0.344. The van der Waals surface area contributed by atoms with Crippen LogP contribution in [0.25, 0.3) is 11.4 Å². The molecule has 0 saturated heterocycles. The average Bonchev–Trinajstić information content (AvgIpc) is 3.03. The first-order chi connectivity index (χ1) is 10.8. The number of benzene rings is 2. The maximum atomic E-state index is 5.69. The minimum atomic E-state index is 0.628. The van der Waals surface area contributed by atoms with Crippen molar-refractivity contribution in [3.63, 3.8) is 0 Å². The summed E-state index contributed by atoms with van der Waals surface area (Å²) >= 11 is 1.58. The van der Waals surface area contributed by atoms with Crippen molar-refractivity contribution in [3.05, 3.63) is 60.2 Å². The molecule has 0 aliphatic carbocycles. The fourth-order valence-corrected chi connectivity index (χ4v) is 2.58. The number of H-pyrrole nitrogens is 1. The summed E-state index contributed by atoms with van der Waals surface area (Å²) in [4.78, 5) is 4.48. The van der Waals surface area contributed by atoms with E-state index in [1.165, 1.54) is 5.56 Å². The van der Waals surface area contributed by atoms with Gasteiger partial charge in [0.25, 0.3) is 0 Å². The quantitative estimate of drug-likeness (QED) is 0.553. The van der Waals surface area contributed by atoms with Gasteiger partial charge in [-0.25, -0.2) is 4.98 Å². The molecule has 0 bridgehead atoms. The molecule has 3 rings (SSSR count). The Morgan fingerprint density at radius 3 is 2.59 bits per heavy atom. The SMILES string of the molecule is Cc1ccc(OCCSc2n[nH]c(-c3ccccc3)n2)cc1. The minimum absolute atomic E-state index is 0.628. The number of nitrogens with zero attached hydrogens (tertiary/aromatic N) is 2. The molecule has 2 aromatic carbocycles. The highest BCUT2D eigenvalue weighted by molar-refractivity contribution is 7.99. The van der Waals surface area contributed by atoms with E-state index >= 15 is 0 Å². The smallest absolute Gasteiger partial charge is 0.208 e. The molecule has 0 unspecified atom stereocenters. The van der Waals surface area contributed by atoms with Crippen molar-refractivity contribution in [3.8, 4) is 17.1 Å². The van der Waals surface area contributed by atoms with E-state index < -0.39 is 0 Å². The monoisotopic (exact) mass is 311 g/mol. The molecule has 0 radical (unpaired) electrons. The number of aromatic amines is 1. The summed E-state index contributed by atoms with van der Waals surface area (Å²) in [6.07, 6.45) is 0. The zero-order chi connectivity index (χ0) is 15.2. The van der Waals surface area contributed by atoms with Crippen LogP contribution in [0.5, 0.6) is 5.75 Å². The van der Waals surface area contributed by atoms with Gasteiger partial charge >= 0.3 is 0 Å². The number of hydrogen-bond acceptors (Lipinski definition) is 4. The van der Waals surface area contributed by atoms with Crippen LogP contribution in [0.4, 0.5) is 0 Å². The van der Waals surface area contributed by atoms with Gasteiger partial charge in [0.05, 0.1) is 6.61 Å². The molecule has 5 heteroatoms. The molecule has 0 aliphatic rings. The molecule has 1 heterocycles. The Bertz CT molecular complexity index is 710. The Morgan fingerprint density at radius 1 is 1.05 bits per heavy atom. The van der Waals surface area contributed by atoms with E-state index in [-0.39, 0.29) is 0 Å². The Hall–Kier alpha value is -2.27. The van der Waals surface area contributed by atoms with Gasteiger partial charge in [-0.15, -0.1) is 5.10 Å². The largest absolute Gasteiger partial charge is 0.493 e. The molecular weight excluding hydrogens is 294 g/mol. The lowest BCUT2D eigenvalue weighted by Crippen LogP contribution is -2.00. The lowest BCUT2D eigenvalue weighted by Gasteiger charge is -2.04. The molecule has 4 nitrogen and oxygen atoms in total. The van der Waals surface area contributed by atoms with Gasteiger partial charge in [-0.05, 0) is 19.1 Å². The standard InChI is InChI=1S/C17H17N3OS/c1-13-7-9-15(10-8-13)21-11-12-22-17-18-16(19-20-17)14-5-3-2-4-6-14/h2-10H,11-12H2,1H3,(H,18,19,20). The van der Waals surface area contributed by atoms with Crippen molar-refractivity contribution in [2.24, 2.45) is 0 Å². The summed E-state index contributed by atoms with van der Waals surface area (Å²) in [6, 6.07) is 18.0. The van der Waals surface area contributed by atoms with Crippen LogP contribution >= 0.6 is 11.8 Å². The van der Waals surface area contributed by atoms with Gasteiger partial charge in [0.2, 0.25) is 5.16 Å². The number of rotatable bonds is 6. The van der Waals surface area contributed by atoms with Crippen molar-refractivity contribution in [2.75, 3.05) is 12.4 Å². The van der Waals surface area contributed by atoms with Gasteiger partial charge in [0.1, 0.15) is 5.75 Å². The highest BCUT2D eigenvalue weighted by Crippen LogP contribution is 2.19. The second kappa shape index (κ2) is 7.13. The molecule has 0 amide bonds. The van der Waals surface area contributed by atoms with Crippen LogP contribution in [0.15, 0.2) is 59.8 Å². The maximum Gasteiger partial charge on any atom is 0.208 e. The van der Waals surface area contributed by atoms with Crippen LogP contribution in [0.3, 0.4) is 0 Å². The van der Waals surface area contributed by atoms with Crippen molar-refractivity contribution in [2.45, 2.75) is 12.1 Å². The van der Waals surface area contributed by atoms with Crippen LogP contribution in [-0.4, -0.2) is 27.5 Å². The first-order valence-electron chi connectivity index (χ1n) is 7.11. The van der Waals surface area contributed by atoms with E-state index in [1.54, 1.807) is 11.8 Å². The van der Waals surface area contributed by atoms with E-state index in [1.807, 2.05) is 54.6 Å². The summed E-state index contributed by atoms with van der Waals surface area (Å²) in [5.74, 6) is 2.49. The third-order valence-electron chi connectivity index (χ3n) is 3.12. The van der Waals surface area contributed by atoms with E-state index in [9.17, 15) is 0 Å². The Kier molecular flexibility index (Phi) is 4.75. The van der Waals surface area contributed by atoms with Crippen molar-refractivity contribution >= 4 is 11.8 Å². The highest BCUT2D eigenvalue weighted by atomic mass is 32.2. The fourth-order valence-electron chi connectivity index (χ4n) is 1.96. The number of nitrogens with one attached hydrogen (secondary N) is 1. The molecule has 0 aliphatic heterocycles. The summed E-state index contributed by atoms with van der Waals surface area (Å²) in [5.41, 5.74) is 2.27. The van der Waals surface area contributed by atoms with Crippen molar-refractivity contribution < 1.29 is 4.74 Å². The summed E-state index contributed by atoms with van der Waals surface area (Å²) in [6.45, 7) is 2.69. The number of ether oxygens (including phenoxy) is 1. The molecule has 0 fully saturated rings. The van der Waals surface area contributed by atoms with Gasteiger partial charge in [0.15, 0.2) is 5.82 Å². The second-order valence-corrected chi connectivity index (χ2v) is 5.90. The molecule has 1 N–H and O–H groups in total. The van der Waals surface area contributed by atoms with Gasteiger partial charge in [-0.2, -0.15) is 0 Å². The predicted molar refractivity (Wildman–Crippen MR) is 89.2 cm³/mol. The zero-order valence-electron chi connectivity index (χ0n) is 12.3. The second-order valence-electron chi connectivity index (χ2n) is 4.84. The lowest BCUT2D eigenvalue weighted by atomic mass is 10.2. The van der Waals surface area contributed by atoms with Crippen LogP contribution < -0.4 is 4.74 Å². The summed E-state index contributed by atoms with van der Waals surface area (Å²) in [5, 5.41) is 7.93. The number of thioether (sulfide) groups is 1. The number of hydrogen-bond donors (Lipinski definition) is 1. The van der Waals surface area contributed by atoms with Gasteiger partial charge in [0, 0.05) is 11.3 Å². The van der Waals surface area contributed by atoms with Crippen LogP contribution in [0.1, 0.15) is 5.56 Å². The van der Waals surface area contributed by atoms with Gasteiger partial charge in [-0.3, -0.25) is 5.10 Å². The Morgan fingerprint density at radius 2 is 1.82 bits per heavy atom. The molecule has 112 valence electrons. The first kappa shape index (κ1) is 14.7. The average molecular weight is 311 g/mol. The Labute approximate surface area is 133 Å². The van der Waals surface area contributed by atoms with Crippen LogP contribution in [-0.2, 0) is 0 Å². The highest BCUT2D eigenvalue weighted by Gasteiger charge is 2.05. The molecule has 0 spiro atoms. The molecule has 1 aromatic heterocycles. The predicted octanol–water partition coefficient (Wildman–Crippen LogP) is 3.95. The van der Waals surface area contributed by atoms with Crippen molar-refractivity contribution in [1.29, 1.82) is 0 Å². The Balaban J connectivity index is 1.48. The molecule has 0 saturated carbocycles. The topological polar surface area (TPSA) is 50.8 Å². The molecule has 3 aromatic rings. The van der Waals surface area contributed by atoms with E-state index in [2.05, 4.69) is 22.1 Å². The molecule has 0 atom stereocenters. The minimum Gasteiger partial charge on any atom is -0.493 e. The van der Waals surface area contributed by atoms with Gasteiger partial charge in [-0.1, -0.05) is 59.8 Å². The normalized spacial score (nSPS) is 10.6. The number of aryl methyl sites for hydroxylation is 1. The molecule has 22 heavy (non-hydrogen) atoms. The third-order valence-corrected chi connectivity index (χ3v) is 3.93. The van der Waals surface area contributed by atoms with Crippen LogP contribution in [0, 0.1) is 6.92 Å². The van der Waals surface area contributed by atoms with Crippen LogP contribution in [0.2, 0.25) is 0 Å². The summed E-state index contributed by atoms with van der Waals surface area (Å²) in [7, 11) is 0. The third kappa shape index (κ3) is 3.89.